The third-order valence-corrected chi connectivity index (χ3v) is 5.66. The average Bonchev–Trinajstić information content (AvgIpc) is 2.73. The summed E-state index contributed by atoms with van der Waals surface area (Å²) in [6, 6.07) is 6.08. The largest absolute Gasteiger partial charge is 0.341 e. The Hall–Kier alpha value is -1.89. The molecule has 0 bridgehead atoms. The van der Waals surface area contributed by atoms with Crippen LogP contribution in [-0.2, 0) is 14.8 Å². The van der Waals surface area contributed by atoms with Crippen LogP contribution in [0.15, 0.2) is 34.2 Å². The summed E-state index contributed by atoms with van der Waals surface area (Å²) < 4.78 is 26.6. The number of benzene rings is 1. The summed E-state index contributed by atoms with van der Waals surface area (Å²) in [7, 11) is -3.56. The minimum absolute atomic E-state index is 0.0389. The molecule has 2 aliphatic heterocycles. The third-order valence-electron chi connectivity index (χ3n) is 4.26. The number of hydrogen-bond donors (Lipinski definition) is 1. The van der Waals surface area contributed by atoms with Crippen molar-refractivity contribution in [3.63, 3.8) is 0 Å². The Morgan fingerprint density at radius 2 is 1.83 bits per heavy atom. The molecule has 1 saturated heterocycles. The number of fused-ring (bicyclic) bond motifs is 1. The zero-order valence-corrected chi connectivity index (χ0v) is 14.0. The molecule has 0 radical (unpaired) electrons. The summed E-state index contributed by atoms with van der Waals surface area (Å²) in [6.07, 6.45) is 4.34. The molecule has 2 heterocycles. The number of nitrogens with zero attached hydrogens (tertiary/aromatic N) is 2. The zero-order valence-electron chi connectivity index (χ0n) is 13.2. The molecule has 6 nitrogen and oxygen atoms in total. The summed E-state index contributed by atoms with van der Waals surface area (Å²) in [6.45, 7) is 3.24. The normalized spacial score (nSPS) is 23.0. The number of carbonyl (C=O) groups is 1. The zero-order chi connectivity index (χ0) is 16.4. The third kappa shape index (κ3) is 3.24. The first kappa shape index (κ1) is 16.0. The molecule has 1 N–H and O–H groups in total. The van der Waals surface area contributed by atoms with Crippen LogP contribution >= 0.6 is 0 Å². The Kier molecular flexibility index (Phi) is 4.39. The predicted molar refractivity (Wildman–Crippen MR) is 87.8 cm³/mol. The lowest BCUT2D eigenvalue weighted by Crippen LogP contribution is -2.38. The molecule has 0 aliphatic carbocycles. The number of amides is 1. The van der Waals surface area contributed by atoms with Gasteiger partial charge in [0.05, 0.1) is 4.90 Å². The van der Waals surface area contributed by atoms with Crippen molar-refractivity contribution < 1.29 is 13.2 Å². The lowest BCUT2D eigenvalue weighted by molar-refractivity contribution is -0.132. The van der Waals surface area contributed by atoms with E-state index < -0.39 is 16.1 Å². The van der Waals surface area contributed by atoms with Gasteiger partial charge in [0.15, 0.2) is 0 Å². The lowest BCUT2D eigenvalue weighted by atomic mass is 10.2. The number of hydrogen-bond acceptors (Lipinski definition) is 4. The molecule has 1 aromatic rings. The number of sulfonamides is 1. The Morgan fingerprint density at radius 1 is 1.17 bits per heavy atom. The summed E-state index contributed by atoms with van der Waals surface area (Å²) in [5, 5.41) is 0. The Bertz CT molecular complexity index is 735. The SMILES string of the molecule is C[C@H](N=C1NS(=O)(=O)c2ccccc21)C(=O)N1CCCCCC1. The Labute approximate surface area is 136 Å². The van der Waals surface area contributed by atoms with E-state index in [0.29, 0.717) is 5.56 Å². The molecule has 1 aromatic carbocycles. The van der Waals surface area contributed by atoms with E-state index in [4.69, 9.17) is 0 Å². The van der Waals surface area contributed by atoms with Crippen molar-refractivity contribution in [3.8, 4) is 0 Å². The van der Waals surface area contributed by atoms with E-state index in [1.807, 2.05) is 4.90 Å². The second-order valence-electron chi connectivity index (χ2n) is 5.99. The highest BCUT2D eigenvalue weighted by Gasteiger charge is 2.31. The van der Waals surface area contributed by atoms with Gasteiger partial charge in [-0.15, -0.1) is 0 Å². The molecule has 0 unspecified atom stereocenters. The topological polar surface area (TPSA) is 78.8 Å². The van der Waals surface area contributed by atoms with E-state index in [9.17, 15) is 13.2 Å². The second kappa shape index (κ2) is 6.31. The van der Waals surface area contributed by atoms with Crippen molar-refractivity contribution in [1.82, 2.24) is 9.62 Å². The number of nitrogens with one attached hydrogen (secondary N) is 1. The van der Waals surface area contributed by atoms with Crippen molar-refractivity contribution in [2.24, 2.45) is 4.99 Å². The summed E-state index contributed by atoms with van der Waals surface area (Å²) in [4.78, 5) is 19.0. The molecule has 1 fully saturated rings. The van der Waals surface area contributed by atoms with Crippen LogP contribution in [0.2, 0.25) is 0 Å². The average molecular weight is 335 g/mol. The molecule has 23 heavy (non-hydrogen) atoms. The first-order valence-corrected chi connectivity index (χ1v) is 9.46. The van der Waals surface area contributed by atoms with Gasteiger partial charge in [0.25, 0.3) is 10.0 Å². The van der Waals surface area contributed by atoms with Crippen molar-refractivity contribution >= 4 is 21.8 Å². The lowest BCUT2D eigenvalue weighted by Gasteiger charge is -2.22. The Balaban J connectivity index is 1.83. The number of rotatable bonds is 2. The van der Waals surface area contributed by atoms with E-state index in [0.717, 1.165) is 38.8 Å². The Morgan fingerprint density at radius 3 is 2.52 bits per heavy atom. The van der Waals surface area contributed by atoms with Gasteiger partial charge in [-0.1, -0.05) is 25.0 Å². The van der Waals surface area contributed by atoms with Gasteiger partial charge >= 0.3 is 0 Å². The van der Waals surface area contributed by atoms with Crippen LogP contribution < -0.4 is 4.72 Å². The number of carbonyl (C=O) groups excluding carboxylic acids is 1. The molecule has 0 saturated carbocycles. The maximum Gasteiger partial charge on any atom is 0.263 e. The minimum Gasteiger partial charge on any atom is -0.341 e. The highest BCUT2D eigenvalue weighted by Crippen LogP contribution is 2.23. The number of amidine groups is 1. The van der Waals surface area contributed by atoms with Gasteiger partial charge in [-0.3, -0.25) is 14.5 Å². The van der Waals surface area contributed by atoms with E-state index in [1.165, 1.54) is 0 Å². The van der Waals surface area contributed by atoms with Crippen LogP contribution in [0.5, 0.6) is 0 Å². The van der Waals surface area contributed by atoms with Crippen LogP contribution in [0.25, 0.3) is 0 Å². The molecule has 1 amide bonds. The van der Waals surface area contributed by atoms with Crippen LogP contribution in [0.3, 0.4) is 0 Å². The van der Waals surface area contributed by atoms with Crippen LogP contribution in [0.1, 0.15) is 38.2 Å². The molecular weight excluding hydrogens is 314 g/mol. The van der Waals surface area contributed by atoms with Gasteiger partial charge in [0, 0.05) is 18.7 Å². The fourth-order valence-corrected chi connectivity index (χ4v) is 4.27. The molecule has 1 atom stereocenters. The first-order valence-electron chi connectivity index (χ1n) is 7.98. The summed E-state index contributed by atoms with van der Waals surface area (Å²) in [5.41, 5.74) is 0.531. The van der Waals surface area contributed by atoms with Gasteiger partial charge in [-0.05, 0) is 31.9 Å². The molecular formula is C16H21N3O3S. The van der Waals surface area contributed by atoms with Crippen molar-refractivity contribution in [1.29, 1.82) is 0 Å². The summed E-state index contributed by atoms with van der Waals surface area (Å²) >= 11 is 0. The highest BCUT2D eigenvalue weighted by molar-refractivity contribution is 7.90. The van der Waals surface area contributed by atoms with Crippen molar-refractivity contribution in [2.45, 2.75) is 43.5 Å². The van der Waals surface area contributed by atoms with E-state index >= 15 is 0 Å². The quantitative estimate of drug-likeness (QED) is 0.890. The van der Waals surface area contributed by atoms with E-state index in [-0.39, 0.29) is 16.6 Å². The van der Waals surface area contributed by atoms with Crippen LogP contribution in [-0.4, -0.2) is 44.2 Å². The number of likely N-dealkylation sites (tertiary alicyclic amines) is 1. The molecule has 0 spiro atoms. The standard InChI is InChI=1S/C16H21N3O3S/c1-12(16(20)19-10-6-2-3-7-11-19)17-15-13-8-4-5-9-14(13)23(21,22)18-15/h4-5,8-9,12H,2-3,6-7,10-11H2,1H3,(H,17,18)/t12-/m0/s1. The predicted octanol–water partition coefficient (Wildman–Crippen LogP) is 1.52. The van der Waals surface area contributed by atoms with Gasteiger partial charge in [-0.2, -0.15) is 0 Å². The maximum atomic E-state index is 12.6. The molecule has 7 heteroatoms. The first-order chi connectivity index (χ1) is 11.0. The fraction of sp³-hybridized carbons (Fsp3) is 0.500. The van der Waals surface area contributed by atoms with Gasteiger partial charge < -0.3 is 4.90 Å². The van der Waals surface area contributed by atoms with Crippen LogP contribution in [0, 0.1) is 0 Å². The van der Waals surface area contributed by atoms with E-state index in [2.05, 4.69) is 9.71 Å². The van der Waals surface area contributed by atoms with Gasteiger partial charge in [0.1, 0.15) is 11.9 Å². The summed E-state index contributed by atoms with van der Waals surface area (Å²) in [5.74, 6) is 0.222. The van der Waals surface area contributed by atoms with Gasteiger partial charge in [0.2, 0.25) is 5.91 Å². The highest BCUT2D eigenvalue weighted by atomic mass is 32.2. The molecule has 2 aliphatic rings. The molecule has 0 aromatic heterocycles. The molecule has 124 valence electrons. The molecule has 3 rings (SSSR count). The monoisotopic (exact) mass is 335 g/mol. The maximum absolute atomic E-state index is 12.6. The van der Waals surface area contributed by atoms with Crippen molar-refractivity contribution in [2.75, 3.05) is 13.1 Å². The smallest absolute Gasteiger partial charge is 0.263 e. The fourth-order valence-electron chi connectivity index (χ4n) is 3.03. The minimum atomic E-state index is -3.56. The van der Waals surface area contributed by atoms with E-state index in [1.54, 1.807) is 31.2 Å². The number of aliphatic imine (C=N–C) groups is 1. The second-order valence-corrected chi connectivity index (χ2v) is 7.65. The van der Waals surface area contributed by atoms with Crippen LogP contribution in [0.4, 0.5) is 0 Å². The van der Waals surface area contributed by atoms with Gasteiger partial charge in [-0.25, -0.2) is 8.42 Å². The van der Waals surface area contributed by atoms with Crippen molar-refractivity contribution in [3.05, 3.63) is 29.8 Å².